The molecule has 1 amide bonds. The Morgan fingerprint density at radius 2 is 1.66 bits per heavy atom. The summed E-state index contributed by atoms with van der Waals surface area (Å²) in [6, 6.07) is 25.4. The first-order valence-corrected chi connectivity index (χ1v) is 10.7. The predicted octanol–water partition coefficient (Wildman–Crippen LogP) is 5.19. The van der Waals surface area contributed by atoms with Gasteiger partial charge in [0.15, 0.2) is 11.5 Å². The smallest absolute Gasteiger partial charge is 0.294 e. The van der Waals surface area contributed by atoms with Gasteiger partial charge in [0.05, 0.1) is 18.2 Å². The number of aliphatic hydroxyl groups is 1. The van der Waals surface area contributed by atoms with E-state index in [1.165, 1.54) is 4.90 Å². The number of carbonyl (C=O) groups is 2. The number of Topliss-reactive ketones (excluding diaryl/α,β-unsaturated/α-hetero) is 1. The highest BCUT2D eigenvalue weighted by atomic mass is 16.5. The van der Waals surface area contributed by atoms with Gasteiger partial charge in [0, 0.05) is 12.1 Å². The van der Waals surface area contributed by atoms with Gasteiger partial charge in [-0.05, 0) is 48.7 Å². The van der Waals surface area contributed by atoms with Gasteiger partial charge in [0.25, 0.3) is 5.91 Å². The fourth-order valence-electron chi connectivity index (χ4n) is 4.04. The molecule has 162 valence electrons. The van der Waals surface area contributed by atoms with Crippen molar-refractivity contribution in [1.82, 2.24) is 0 Å². The third kappa shape index (κ3) is 4.28. The Labute approximate surface area is 187 Å². The van der Waals surface area contributed by atoms with Gasteiger partial charge in [0.1, 0.15) is 5.75 Å². The van der Waals surface area contributed by atoms with E-state index in [1.54, 1.807) is 12.1 Å². The summed E-state index contributed by atoms with van der Waals surface area (Å²) in [5.74, 6) is -0.664. The van der Waals surface area contributed by atoms with Crippen LogP contribution in [0.5, 0.6) is 5.75 Å². The van der Waals surface area contributed by atoms with Gasteiger partial charge in [-0.3, -0.25) is 14.5 Å². The number of aryl methyl sites for hydroxylation is 1. The average Bonchev–Trinajstić information content (AvgIpc) is 3.10. The van der Waals surface area contributed by atoms with E-state index in [-0.39, 0.29) is 17.8 Å². The molecular weight excluding hydrogens is 402 g/mol. The minimum absolute atomic E-state index is 0.128. The van der Waals surface area contributed by atoms with Gasteiger partial charge in [-0.25, -0.2) is 0 Å². The molecule has 4 rings (SSSR count). The highest BCUT2D eigenvalue weighted by Crippen LogP contribution is 2.42. The molecule has 0 aromatic heterocycles. The Morgan fingerprint density at radius 1 is 0.969 bits per heavy atom. The summed E-state index contributed by atoms with van der Waals surface area (Å²) >= 11 is 0. The molecule has 5 heteroatoms. The maximum Gasteiger partial charge on any atom is 0.294 e. The van der Waals surface area contributed by atoms with E-state index >= 15 is 0 Å². The number of carbonyl (C=O) groups excluding carboxylic acids is 2. The number of ether oxygens (including phenoxy) is 1. The van der Waals surface area contributed by atoms with Crippen LogP contribution < -0.4 is 9.64 Å². The van der Waals surface area contributed by atoms with Crippen molar-refractivity contribution >= 4 is 17.4 Å². The molecule has 1 heterocycles. The molecule has 0 radical (unpaired) electrons. The molecule has 1 N–H and O–H groups in total. The third-order valence-corrected chi connectivity index (χ3v) is 5.51. The Morgan fingerprint density at radius 3 is 2.34 bits per heavy atom. The third-order valence-electron chi connectivity index (χ3n) is 5.51. The van der Waals surface area contributed by atoms with E-state index in [1.807, 2.05) is 79.7 Å². The van der Waals surface area contributed by atoms with Crippen molar-refractivity contribution in [2.75, 3.05) is 11.5 Å². The monoisotopic (exact) mass is 427 g/mol. The number of hydrogen-bond acceptors (Lipinski definition) is 4. The Bertz CT molecular complexity index is 1140. The molecule has 0 aliphatic carbocycles. The molecule has 5 nitrogen and oxygen atoms in total. The molecule has 3 aromatic rings. The minimum Gasteiger partial charge on any atom is -0.503 e. The lowest BCUT2D eigenvalue weighted by molar-refractivity contribution is -0.118. The molecule has 3 aromatic carbocycles. The summed E-state index contributed by atoms with van der Waals surface area (Å²) < 4.78 is 5.63. The van der Waals surface area contributed by atoms with E-state index in [4.69, 9.17) is 4.74 Å². The normalized spacial score (nSPS) is 15.8. The number of ketones is 1. The molecule has 0 bridgehead atoms. The highest BCUT2D eigenvalue weighted by Gasteiger charge is 2.44. The quantitative estimate of drug-likeness (QED) is 0.537. The molecule has 0 saturated carbocycles. The van der Waals surface area contributed by atoms with Crippen LogP contribution in [0.15, 0.2) is 96.3 Å². The standard InChI is InChI=1S/C27H25NO4/c1-2-32-22-15-9-12-20(18-22)25-24(23(29)17-16-19-10-5-3-6-11-19)26(30)27(31)28(25)21-13-7-4-8-14-21/h3-15,18,25,30H,2,16-17H2,1H3. The molecule has 1 atom stereocenters. The zero-order valence-electron chi connectivity index (χ0n) is 17.9. The van der Waals surface area contributed by atoms with Crippen LogP contribution >= 0.6 is 0 Å². The summed E-state index contributed by atoms with van der Waals surface area (Å²) in [5.41, 5.74) is 2.48. The zero-order valence-corrected chi connectivity index (χ0v) is 17.9. The maximum atomic E-state index is 13.3. The topological polar surface area (TPSA) is 66.8 Å². The lowest BCUT2D eigenvalue weighted by atomic mass is 9.93. The first kappa shape index (κ1) is 21.4. The van der Waals surface area contributed by atoms with E-state index in [2.05, 4.69) is 0 Å². The second-order valence-corrected chi connectivity index (χ2v) is 7.59. The number of benzene rings is 3. The summed E-state index contributed by atoms with van der Waals surface area (Å²) in [5, 5.41) is 10.8. The minimum atomic E-state index is -0.728. The first-order chi connectivity index (χ1) is 15.6. The summed E-state index contributed by atoms with van der Waals surface area (Å²) in [6.45, 7) is 2.39. The Kier molecular flexibility index (Phi) is 6.36. The Hall–Kier alpha value is -3.86. The molecule has 1 aliphatic heterocycles. The van der Waals surface area contributed by atoms with Crippen molar-refractivity contribution in [2.24, 2.45) is 0 Å². The molecule has 1 aliphatic rings. The maximum absolute atomic E-state index is 13.3. The van der Waals surface area contributed by atoms with Crippen LogP contribution in [0.3, 0.4) is 0 Å². The average molecular weight is 428 g/mol. The fourth-order valence-corrected chi connectivity index (χ4v) is 4.04. The highest BCUT2D eigenvalue weighted by molar-refractivity contribution is 6.16. The number of rotatable bonds is 8. The molecule has 1 unspecified atom stereocenters. The molecule has 0 spiro atoms. The van der Waals surface area contributed by atoms with Crippen molar-refractivity contribution < 1.29 is 19.4 Å². The van der Waals surface area contributed by atoms with Gasteiger partial charge in [-0.15, -0.1) is 0 Å². The number of anilines is 1. The lowest BCUT2D eigenvalue weighted by Crippen LogP contribution is -2.31. The second kappa shape index (κ2) is 9.52. The van der Waals surface area contributed by atoms with E-state index in [0.717, 1.165) is 5.56 Å². The summed E-state index contributed by atoms with van der Waals surface area (Å²) in [4.78, 5) is 27.9. The van der Waals surface area contributed by atoms with Crippen molar-refractivity contribution in [1.29, 1.82) is 0 Å². The van der Waals surface area contributed by atoms with Crippen LogP contribution in [0.25, 0.3) is 0 Å². The van der Waals surface area contributed by atoms with Crippen LogP contribution in [0.2, 0.25) is 0 Å². The molecular formula is C27H25NO4. The number of para-hydroxylation sites is 1. The van der Waals surface area contributed by atoms with Gasteiger partial charge < -0.3 is 9.84 Å². The first-order valence-electron chi connectivity index (χ1n) is 10.7. The van der Waals surface area contributed by atoms with Crippen LogP contribution in [-0.4, -0.2) is 23.4 Å². The van der Waals surface area contributed by atoms with Gasteiger partial charge in [-0.2, -0.15) is 0 Å². The van der Waals surface area contributed by atoms with E-state index < -0.39 is 17.7 Å². The number of nitrogens with zero attached hydrogens (tertiary/aromatic N) is 1. The largest absolute Gasteiger partial charge is 0.503 e. The van der Waals surface area contributed by atoms with Gasteiger partial charge in [0.2, 0.25) is 0 Å². The predicted molar refractivity (Wildman–Crippen MR) is 124 cm³/mol. The molecule has 0 fully saturated rings. The van der Waals surface area contributed by atoms with Crippen molar-refractivity contribution in [2.45, 2.75) is 25.8 Å². The SMILES string of the molecule is CCOc1cccc(C2C(C(=O)CCc3ccccc3)=C(O)C(=O)N2c2ccccc2)c1. The van der Waals surface area contributed by atoms with Gasteiger partial charge in [-0.1, -0.05) is 60.7 Å². The number of hydrogen-bond donors (Lipinski definition) is 1. The van der Waals surface area contributed by atoms with Crippen LogP contribution in [0.1, 0.15) is 30.5 Å². The van der Waals surface area contributed by atoms with Crippen molar-refractivity contribution in [3.8, 4) is 5.75 Å². The van der Waals surface area contributed by atoms with Crippen LogP contribution in [0, 0.1) is 0 Å². The second-order valence-electron chi connectivity index (χ2n) is 7.59. The number of amides is 1. The lowest BCUT2D eigenvalue weighted by Gasteiger charge is -2.27. The summed E-state index contributed by atoms with van der Waals surface area (Å²) in [6.07, 6.45) is 0.725. The van der Waals surface area contributed by atoms with Crippen molar-refractivity contribution in [3.63, 3.8) is 0 Å². The zero-order chi connectivity index (χ0) is 22.5. The molecule has 0 saturated heterocycles. The summed E-state index contributed by atoms with van der Waals surface area (Å²) in [7, 11) is 0. The Balaban J connectivity index is 1.73. The van der Waals surface area contributed by atoms with Crippen molar-refractivity contribution in [3.05, 3.63) is 107 Å². The fraction of sp³-hybridized carbons (Fsp3) is 0.185. The molecule has 32 heavy (non-hydrogen) atoms. The number of aliphatic hydroxyl groups excluding tert-OH is 1. The van der Waals surface area contributed by atoms with Crippen LogP contribution in [-0.2, 0) is 16.0 Å². The van der Waals surface area contributed by atoms with Gasteiger partial charge >= 0.3 is 0 Å². The van der Waals surface area contributed by atoms with Crippen LogP contribution in [0.4, 0.5) is 5.69 Å². The van der Waals surface area contributed by atoms with E-state index in [0.29, 0.717) is 30.0 Å². The van der Waals surface area contributed by atoms with E-state index in [9.17, 15) is 14.7 Å².